The van der Waals surface area contributed by atoms with Gasteiger partial charge in [0.15, 0.2) is 0 Å². The Morgan fingerprint density at radius 3 is 2.22 bits per heavy atom. The Kier molecular flexibility index (Phi) is 2.90. The van der Waals surface area contributed by atoms with Crippen LogP contribution in [-0.2, 0) is 5.41 Å². The first-order valence-electron chi connectivity index (χ1n) is 5.73. The Balaban J connectivity index is 2.38. The van der Waals surface area contributed by atoms with E-state index in [1.807, 2.05) is 27.7 Å². The van der Waals surface area contributed by atoms with Crippen molar-refractivity contribution >= 4 is 0 Å². The molecule has 96 valence electrons. The zero-order valence-corrected chi connectivity index (χ0v) is 11.0. The molecule has 6 nitrogen and oxygen atoms in total. The Morgan fingerprint density at radius 2 is 1.67 bits per heavy atom. The number of hydrogen-bond donors (Lipinski definition) is 1. The van der Waals surface area contributed by atoms with E-state index in [-0.39, 0.29) is 0 Å². The predicted molar refractivity (Wildman–Crippen MR) is 66.6 cm³/mol. The van der Waals surface area contributed by atoms with Crippen molar-refractivity contribution in [2.45, 2.75) is 38.6 Å². The van der Waals surface area contributed by atoms with Crippen LogP contribution in [0.15, 0.2) is 23.0 Å². The fourth-order valence-corrected chi connectivity index (χ4v) is 1.26. The molecule has 0 saturated carbocycles. The Morgan fingerprint density at radius 1 is 1.06 bits per heavy atom. The van der Waals surface area contributed by atoms with Crippen LogP contribution in [-0.4, -0.2) is 25.6 Å². The van der Waals surface area contributed by atoms with Gasteiger partial charge in [-0.1, -0.05) is 5.16 Å². The van der Waals surface area contributed by atoms with Crippen molar-refractivity contribution < 1.29 is 4.52 Å². The fourth-order valence-electron chi connectivity index (χ4n) is 1.26. The molecule has 0 aromatic carbocycles. The van der Waals surface area contributed by atoms with Crippen molar-refractivity contribution in [1.29, 1.82) is 0 Å². The van der Waals surface area contributed by atoms with Crippen molar-refractivity contribution in [3.8, 4) is 11.6 Å². The van der Waals surface area contributed by atoms with Gasteiger partial charge in [-0.15, -0.1) is 0 Å². The van der Waals surface area contributed by atoms with Gasteiger partial charge < -0.3 is 10.3 Å². The number of nitrogens with two attached hydrogens (primary N) is 1. The normalized spacial score (nSPS) is 12.7. The molecule has 2 N–H and O–H groups in total. The van der Waals surface area contributed by atoms with E-state index in [1.54, 1.807) is 18.5 Å². The minimum Gasteiger partial charge on any atom is -0.338 e. The highest BCUT2D eigenvalue weighted by atomic mass is 16.5. The molecule has 0 aliphatic heterocycles. The number of nitrogens with zero attached hydrogens (tertiary/aromatic N) is 4. The van der Waals surface area contributed by atoms with E-state index in [0.717, 1.165) is 0 Å². The lowest BCUT2D eigenvalue weighted by atomic mass is 9.75. The van der Waals surface area contributed by atoms with Gasteiger partial charge in [-0.05, 0) is 33.8 Å². The molecule has 0 aliphatic carbocycles. The zero-order chi connectivity index (χ0) is 13.4. The molecule has 0 spiro atoms. The summed E-state index contributed by atoms with van der Waals surface area (Å²) in [4.78, 5) is 12.5. The maximum atomic E-state index is 6.13. The van der Waals surface area contributed by atoms with Gasteiger partial charge in [0.05, 0.1) is 5.41 Å². The van der Waals surface area contributed by atoms with Gasteiger partial charge in [-0.3, -0.25) is 0 Å². The molecule has 0 amide bonds. The van der Waals surface area contributed by atoms with Gasteiger partial charge in [-0.25, -0.2) is 9.97 Å². The van der Waals surface area contributed by atoms with Gasteiger partial charge in [0, 0.05) is 17.9 Å². The van der Waals surface area contributed by atoms with E-state index in [1.165, 1.54) is 0 Å². The fraction of sp³-hybridized carbons (Fsp3) is 0.500. The molecule has 18 heavy (non-hydrogen) atoms. The van der Waals surface area contributed by atoms with Crippen LogP contribution in [0.2, 0.25) is 0 Å². The summed E-state index contributed by atoms with van der Waals surface area (Å²) in [6, 6.07) is 1.73. The van der Waals surface area contributed by atoms with Gasteiger partial charge in [0.25, 0.3) is 0 Å². The average molecular weight is 247 g/mol. The van der Waals surface area contributed by atoms with Gasteiger partial charge in [-0.2, -0.15) is 4.98 Å². The van der Waals surface area contributed by atoms with Gasteiger partial charge in [0.1, 0.15) is 0 Å². The minimum absolute atomic E-state index is 0.378. The summed E-state index contributed by atoms with van der Waals surface area (Å²) in [5.41, 5.74) is 5.22. The van der Waals surface area contributed by atoms with Gasteiger partial charge in [0.2, 0.25) is 17.5 Å². The molecule has 0 aliphatic rings. The third-order valence-corrected chi connectivity index (χ3v) is 3.34. The van der Waals surface area contributed by atoms with Crippen molar-refractivity contribution in [2.75, 3.05) is 0 Å². The van der Waals surface area contributed by atoms with Crippen molar-refractivity contribution in [3.05, 3.63) is 24.4 Å². The van der Waals surface area contributed by atoms with Crippen LogP contribution in [0.3, 0.4) is 0 Å². The molecular weight excluding hydrogens is 230 g/mol. The number of hydrogen-bond acceptors (Lipinski definition) is 6. The first-order chi connectivity index (χ1) is 8.32. The van der Waals surface area contributed by atoms with Crippen LogP contribution in [0, 0.1) is 0 Å². The van der Waals surface area contributed by atoms with Crippen LogP contribution >= 0.6 is 0 Å². The van der Waals surface area contributed by atoms with Crippen LogP contribution in [0.25, 0.3) is 11.6 Å². The summed E-state index contributed by atoms with van der Waals surface area (Å²) < 4.78 is 5.29. The average Bonchev–Trinajstić information content (AvgIpc) is 2.78. The van der Waals surface area contributed by atoms with Crippen molar-refractivity contribution in [2.24, 2.45) is 5.73 Å². The van der Waals surface area contributed by atoms with Crippen LogP contribution in [0.5, 0.6) is 0 Å². The summed E-state index contributed by atoms with van der Waals surface area (Å²) in [6.45, 7) is 7.79. The highest BCUT2D eigenvalue weighted by Crippen LogP contribution is 2.32. The molecular formula is C12H17N5O. The smallest absolute Gasteiger partial charge is 0.240 e. The molecule has 0 radical (unpaired) electrons. The van der Waals surface area contributed by atoms with Crippen LogP contribution < -0.4 is 5.73 Å². The van der Waals surface area contributed by atoms with E-state index in [2.05, 4.69) is 20.1 Å². The maximum Gasteiger partial charge on any atom is 0.240 e. The molecule has 0 bridgehead atoms. The lowest BCUT2D eigenvalue weighted by Gasteiger charge is -2.34. The largest absolute Gasteiger partial charge is 0.338 e. The monoisotopic (exact) mass is 247 g/mol. The third kappa shape index (κ3) is 2.11. The lowest BCUT2D eigenvalue weighted by molar-refractivity contribution is 0.223. The SMILES string of the molecule is CC(C)(N)C(C)(C)c1nc(-c2ncccn2)no1. The molecule has 6 heteroatoms. The Bertz CT molecular complexity index is 527. The first-order valence-corrected chi connectivity index (χ1v) is 5.73. The molecule has 2 heterocycles. The molecule has 2 aromatic rings. The molecule has 0 saturated heterocycles. The summed E-state index contributed by atoms with van der Waals surface area (Å²) in [6.07, 6.45) is 3.27. The third-order valence-electron chi connectivity index (χ3n) is 3.34. The highest BCUT2D eigenvalue weighted by Gasteiger charge is 2.40. The topological polar surface area (TPSA) is 90.7 Å². The molecule has 0 unspecified atom stereocenters. The summed E-state index contributed by atoms with van der Waals surface area (Å²) in [5, 5.41) is 3.90. The molecule has 2 aromatic heterocycles. The number of aromatic nitrogens is 4. The minimum atomic E-state index is -0.478. The summed E-state index contributed by atoms with van der Waals surface area (Å²) >= 11 is 0. The van der Waals surface area contributed by atoms with E-state index >= 15 is 0 Å². The second-order valence-corrected chi connectivity index (χ2v) is 5.34. The van der Waals surface area contributed by atoms with E-state index in [4.69, 9.17) is 10.3 Å². The Labute approximate surface area is 106 Å². The van der Waals surface area contributed by atoms with E-state index in [0.29, 0.717) is 17.5 Å². The standard InChI is InChI=1S/C12H17N5O/c1-11(2,12(3,4)13)10-16-9(17-18-10)8-14-6-5-7-15-8/h5-7H,13H2,1-4H3. The first kappa shape index (κ1) is 12.6. The van der Waals surface area contributed by atoms with Crippen LogP contribution in [0.1, 0.15) is 33.6 Å². The van der Waals surface area contributed by atoms with E-state index < -0.39 is 11.0 Å². The molecule has 0 fully saturated rings. The van der Waals surface area contributed by atoms with Crippen LogP contribution in [0.4, 0.5) is 0 Å². The number of rotatable bonds is 3. The second kappa shape index (κ2) is 4.13. The summed E-state index contributed by atoms with van der Waals surface area (Å²) in [5.74, 6) is 1.30. The zero-order valence-electron chi connectivity index (χ0n) is 11.0. The predicted octanol–water partition coefficient (Wildman–Crippen LogP) is 1.54. The summed E-state index contributed by atoms with van der Waals surface area (Å²) in [7, 11) is 0. The second-order valence-electron chi connectivity index (χ2n) is 5.34. The Hall–Kier alpha value is -1.82. The van der Waals surface area contributed by atoms with Crippen molar-refractivity contribution in [1.82, 2.24) is 20.1 Å². The highest BCUT2D eigenvalue weighted by molar-refractivity contribution is 5.40. The molecule has 0 atom stereocenters. The molecule has 2 rings (SSSR count). The maximum absolute atomic E-state index is 6.13. The lowest BCUT2D eigenvalue weighted by Crippen LogP contribution is -2.50. The quantitative estimate of drug-likeness (QED) is 0.884. The van der Waals surface area contributed by atoms with Gasteiger partial charge >= 0.3 is 0 Å². The van der Waals surface area contributed by atoms with E-state index in [9.17, 15) is 0 Å². The van der Waals surface area contributed by atoms with Crippen molar-refractivity contribution in [3.63, 3.8) is 0 Å².